The zero-order chi connectivity index (χ0) is 10.8. The maximum Gasteiger partial charge on any atom is 0.235 e. The van der Waals surface area contributed by atoms with E-state index in [2.05, 4.69) is 0 Å². The molecule has 1 aromatic carbocycles. The minimum Gasteiger partial charge on any atom is -0.496 e. The Morgan fingerprint density at radius 3 is 2.43 bits per heavy atom. The molecule has 0 amide bonds. The molecular weight excluding hydrogens is 199 g/mol. The van der Waals surface area contributed by atoms with Gasteiger partial charge >= 0.3 is 0 Å². The average molecular weight is 214 g/mol. The molecule has 0 heterocycles. The van der Waals surface area contributed by atoms with E-state index < -0.39 is 7.37 Å². The van der Waals surface area contributed by atoms with E-state index in [0.29, 0.717) is 11.1 Å². The number of benzene rings is 1. The summed E-state index contributed by atoms with van der Waals surface area (Å²) in [5, 5.41) is 0.400. The van der Waals surface area contributed by atoms with Gasteiger partial charge in [-0.2, -0.15) is 0 Å². The lowest BCUT2D eigenvalue weighted by molar-refractivity contribution is 0.415. The standard InChI is InChI=1S/C10H15O3P/c1-8(2)14(11,12)10-7-5-4-6-9(10)13-3/h4-8H,1-3H3,(H,11,12). The van der Waals surface area contributed by atoms with Gasteiger partial charge in [0, 0.05) is 5.66 Å². The van der Waals surface area contributed by atoms with Crippen molar-refractivity contribution in [2.75, 3.05) is 7.11 Å². The van der Waals surface area contributed by atoms with E-state index in [-0.39, 0.29) is 5.66 Å². The van der Waals surface area contributed by atoms with Gasteiger partial charge < -0.3 is 9.63 Å². The van der Waals surface area contributed by atoms with Gasteiger partial charge in [-0.25, -0.2) is 0 Å². The predicted octanol–water partition coefficient (Wildman–Crippen LogP) is 2.00. The molecular formula is C10H15O3P. The molecule has 1 unspecified atom stereocenters. The third-order valence-corrected chi connectivity index (χ3v) is 4.59. The summed E-state index contributed by atoms with van der Waals surface area (Å²) in [5.41, 5.74) is -0.293. The molecule has 0 radical (unpaired) electrons. The van der Waals surface area contributed by atoms with E-state index >= 15 is 0 Å². The van der Waals surface area contributed by atoms with Crippen molar-refractivity contribution in [3.8, 4) is 5.75 Å². The molecule has 14 heavy (non-hydrogen) atoms. The lowest BCUT2D eigenvalue weighted by atomic mass is 10.3. The molecule has 0 fully saturated rings. The van der Waals surface area contributed by atoms with Gasteiger partial charge in [-0.05, 0) is 12.1 Å². The maximum absolute atomic E-state index is 12.0. The summed E-state index contributed by atoms with van der Waals surface area (Å²) in [4.78, 5) is 9.85. The summed E-state index contributed by atoms with van der Waals surface area (Å²) in [6.07, 6.45) is 0. The fraction of sp³-hybridized carbons (Fsp3) is 0.400. The first-order chi connectivity index (χ1) is 6.50. The van der Waals surface area contributed by atoms with Crippen LogP contribution in [0.15, 0.2) is 24.3 Å². The fourth-order valence-corrected chi connectivity index (χ4v) is 2.51. The highest BCUT2D eigenvalue weighted by atomic mass is 31.2. The van der Waals surface area contributed by atoms with Gasteiger partial charge in [-0.1, -0.05) is 26.0 Å². The number of hydrogen-bond donors (Lipinski definition) is 1. The molecule has 1 rings (SSSR count). The number of hydrogen-bond acceptors (Lipinski definition) is 2. The predicted molar refractivity (Wildman–Crippen MR) is 57.6 cm³/mol. The highest BCUT2D eigenvalue weighted by Gasteiger charge is 2.28. The van der Waals surface area contributed by atoms with Gasteiger partial charge in [0.1, 0.15) is 5.75 Å². The third kappa shape index (κ3) is 1.99. The molecule has 3 nitrogen and oxygen atoms in total. The van der Waals surface area contributed by atoms with Crippen LogP contribution in [0, 0.1) is 0 Å². The lowest BCUT2D eigenvalue weighted by Crippen LogP contribution is -2.14. The summed E-state index contributed by atoms with van der Waals surface area (Å²) in [5.74, 6) is 0.479. The largest absolute Gasteiger partial charge is 0.496 e. The fourth-order valence-electron chi connectivity index (χ4n) is 1.17. The van der Waals surface area contributed by atoms with Crippen LogP contribution < -0.4 is 10.0 Å². The third-order valence-electron chi connectivity index (χ3n) is 2.13. The van der Waals surface area contributed by atoms with Crippen LogP contribution in [0.1, 0.15) is 13.8 Å². The molecule has 0 aliphatic heterocycles. The molecule has 1 N–H and O–H groups in total. The van der Waals surface area contributed by atoms with Crippen molar-refractivity contribution < 1.29 is 14.2 Å². The highest BCUT2D eigenvalue weighted by molar-refractivity contribution is 7.66. The van der Waals surface area contributed by atoms with Crippen molar-refractivity contribution in [1.29, 1.82) is 0 Å². The second-order valence-electron chi connectivity index (χ2n) is 3.39. The van der Waals surface area contributed by atoms with Crippen molar-refractivity contribution >= 4 is 12.7 Å². The minimum absolute atomic E-state index is 0.293. The molecule has 0 saturated carbocycles. The highest BCUT2D eigenvalue weighted by Crippen LogP contribution is 2.46. The lowest BCUT2D eigenvalue weighted by Gasteiger charge is -2.17. The normalized spacial score (nSPS) is 15.2. The number of ether oxygens (including phenoxy) is 1. The van der Waals surface area contributed by atoms with E-state index in [9.17, 15) is 9.46 Å². The van der Waals surface area contributed by atoms with Crippen LogP contribution in [0.2, 0.25) is 0 Å². The van der Waals surface area contributed by atoms with Crippen LogP contribution in [0.3, 0.4) is 0 Å². The van der Waals surface area contributed by atoms with Gasteiger partial charge in [-0.3, -0.25) is 4.57 Å². The van der Waals surface area contributed by atoms with Crippen molar-refractivity contribution in [2.24, 2.45) is 0 Å². The van der Waals surface area contributed by atoms with Gasteiger partial charge in [-0.15, -0.1) is 0 Å². The van der Waals surface area contributed by atoms with E-state index in [4.69, 9.17) is 4.74 Å². The number of rotatable bonds is 3. The van der Waals surface area contributed by atoms with Crippen LogP contribution in [0.4, 0.5) is 0 Å². The molecule has 0 spiro atoms. The molecule has 1 atom stereocenters. The topological polar surface area (TPSA) is 46.5 Å². The molecule has 0 aliphatic rings. The Labute approximate surface area is 84.2 Å². The van der Waals surface area contributed by atoms with E-state index in [1.165, 1.54) is 7.11 Å². The Bertz CT molecular complexity index is 360. The Balaban J connectivity index is 3.25. The molecule has 0 aromatic heterocycles. The summed E-state index contributed by atoms with van der Waals surface area (Å²) in [6, 6.07) is 6.85. The quantitative estimate of drug-likeness (QED) is 0.783. The molecule has 0 saturated heterocycles. The van der Waals surface area contributed by atoms with Gasteiger partial charge in [0.25, 0.3) is 0 Å². The van der Waals surface area contributed by atoms with Crippen molar-refractivity contribution in [3.05, 3.63) is 24.3 Å². The second-order valence-corrected chi connectivity index (χ2v) is 6.15. The van der Waals surface area contributed by atoms with Gasteiger partial charge in [0.05, 0.1) is 12.4 Å². The van der Waals surface area contributed by atoms with Gasteiger partial charge in [0.15, 0.2) is 0 Å². The molecule has 4 heteroatoms. The first-order valence-electron chi connectivity index (χ1n) is 4.46. The summed E-state index contributed by atoms with van der Waals surface area (Å²) < 4.78 is 17.0. The Morgan fingerprint density at radius 1 is 1.36 bits per heavy atom. The Hall–Kier alpha value is -0.790. The van der Waals surface area contributed by atoms with E-state index in [1.54, 1.807) is 38.1 Å². The molecule has 0 bridgehead atoms. The van der Waals surface area contributed by atoms with E-state index in [0.717, 1.165) is 0 Å². The Morgan fingerprint density at radius 2 is 1.93 bits per heavy atom. The van der Waals surface area contributed by atoms with Crippen molar-refractivity contribution in [2.45, 2.75) is 19.5 Å². The zero-order valence-electron chi connectivity index (χ0n) is 8.60. The molecule has 0 aliphatic carbocycles. The first-order valence-corrected chi connectivity index (χ1v) is 6.19. The Kier molecular flexibility index (Phi) is 3.35. The summed E-state index contributed by atoms with van der Waals surface area (Å²) in [6.45, 7) is 3.46. The van der Waals surface area contributed by atoms with Crippen molar-refractivity contribution in [3.63, 3.8) is 0 Å². The van der Waals surface area contributed by atoms with Crippen LogP contribution in [0.25, 0.3) is 0 Å². The van der Waals surface area contributed by atoms with Gasteiger partial charge in [0.2, 0.25) is 7.37 Å². The monoisotopic (exact) mass is 214 g/mol. The molecule has 1 aromatic rings. The van der Waals surface area contributed by atoms with Crippen LogP contribution >= 0.6 is 7.37 Å². The maximum atomic E-state index is 12.0. The van der Waals surface area contributed by atoms with Crippen LogP contribution in [0.5, 0.6) is 5.75 Å². The summed E-state index contributed by atoms with van der Waals surface area (Å²) >= 11 is 0. The van der Waals surface area contributed by atoms with Crippen LogP contribution in [-0.2, 0) is 4.57 Å². The van der Waals surface area contributed by atoms with Crippen molar-refractivity contribution in [1.82, 2.24) is 0 Å². The van der Waals surface area contributed by atoms with Crippen LogP contribution in [-0.4, -0.2) is 17.7 Å². The average Bonchev–Trinajstić information content (AvgIpc) is 2.17. The summed E-state index contributed by atoms with van der Waals surface area (Å²) in [7, 11) is -1.80. The first kappa shape index (κ1) is 11.3. The zero-order valence-corrected chi connectivity index (χ0v) is 9.49. The SMILES string of the molecule is COc1ccccc1P(=O)(O)C(C)C. The number of methoxy groups -OCH3 is 1. The molecule has 78 valence electrons. The minimum atomic E-state index is -3.30. The van der Waals surface area contributed by atoms with E-state index in [1.807, 2.05) is 0 Å². The second kappa shape index (κ2) is 4.16. The number of para-hydroxylation sites is 1. The smallest absolute Gasteiger partial charge is 0.235 e.